The maximum absolute atomic E-state index is 13.0. The Morgan fingerprint density at radius 2 is 1.70 bits per heavy atom. The van der Waals surface area contributed by atoms with E-state index in [-0.39, 0.29) is 22.2 Å². The molecule has 33 heavy (non-hydrogen) atoms. The molecule has 3 aromatic rings. The number of hydrogen-bond donors (Lipinski definition) is 1. The number of benzene rings is 2. The third-order valence-electron chi connectivity index (χ3n) is 6.08. The Labute approximate surface area is 192 Å². The van der Waals surface area contributed by atoms with Gasteiger partial charge in [-0.2, -0.15) is 4.72 Å². The van der Waals surface area contributed by atoms with Gasteiger partial charge >= 0.3 is 11.6 Å². The molecule has 8 heteroatoms. The number of carbonyl (C=O) groups is 1. The van der Waals surface area contributed by atoms with Gasteiger partial charge < -0.3 is 9.15 Å². The topological polar surface area (TPSA) is 103 Å². The zero-order valence-electron chi connectivity index (χ0n) is 19.1. The average Bonchev–Trinajstić information content (AvgIpc) is 3.25. The van der Waals surface area contributed by atoms with Gasteiger partial charge in [-0.25, -0.2) is 18.0 Å². The molecule has 0 aliphatic heterocycles. The number of hydrogen-bond acceptors (Lipinski definition) is 6. The number of ether oxygens (including phenoxy) is 1. The van der Waals surface area contributed by atoms with Crippen molar-refractivity contribution in [2.75, 3.05) is 0 Å². The number of aryl methyl sites for hydroxylation is 3. The van der Waals surface area contributed by atoms with Gasteiger partial charge in [0, 0.05) is 16.5 Å². The van der Waals surface area contributed by atoms with Crippen molar-refractivity contribution in [1.82, 2.24) is 4.72 Å². The fraction of sp³-hybridized carbons (Fsp3) is 0.360. The summed E-state index contributed by atoms with van der Waals surface area (Å²) in [5.41, 5.74) is 3.21. The molecule has 1 aliphatic carbocycles. The molecular weight excluding hydrogens is 442 g/mol. The summed E-state index contributed by atoms with van der Waals surface area (Å²) in [4.78, 5) is 25.5. The molecule has 0 radical (unpaired) electrons. The van der Waals surface area contributed by atoms with Crippen LogP contribution in [0.5, 0.6) is 5.75 Å². The van der Waals surface area contributed by atoms with Crippen LogP contribution in [0, 0.1) is 19.8 Å². The van der Waals surface area contributed by atoms with Crippen LogP contribution < -0.4 is 15.1 Å². The van der Waals surface area contributed by atoms with Crippen molar-refractivity contribution in [3.8, 4) is 5.75 Å². The molecule has 0 saturated heterocycles. The highest BCUT2D eigenvalue weighted by Gasteiger charge is 2.31. The molecule has 0 fully saturated rings. The van der Waals surface area contributed by atoms with Crippen LogP contribution in [-0.2, 0) is 27.7 Å². The van der Waals surface area contributed by atoms with Crippen LogP contribution in [0.2, 0.25) is 0 Å². The van der Waals surface area contributed by atoms with Crippen molar-refractivity contribution in [2.45, 2.75) is 57.9 Å². The molecule has 0 spiro atoms. The fourth-order valence-corrected chi connectivity index (χ4v) is 5.49. The number of nitrogens with one attached hydrogen (secondary N) is 1. The van der Waals surface area contributed by atoms with Crippen molar-refractivity contribution in [1.29, 1.82) is 0 Å². The van der Waals surface area contributed by atoms with Crippen molar-refractivity contribution in [3.05, 3.63) is 69.1 Å². The van der Waals surface area contributed by atoms with Crippen molar-refractivity contribution in [2.24, 2.45) is 5.92 Å². The lowest BCUT2D eigenvalue weighted by molar-refractivity contribution is -0.137. The van der Waals surface area contributed by atoms with E-state index in [4.69, 9.17) is 9.15 Å². The maximum Gasteiger partial charge on any atom is 0.339 e. The van der Waals surface area contributed by atoms with Crippen molar-refractivity contribution < 1.29 is 22.4 Å². The van der Waals surface area contributed by atoms with Gasteiger partial charge in [0.15, 0.2) is 0 Å². The first-order chi connectivity index (χ1) is 15.6. The molecule has 2 aromatic carbocycles. The van der Waals surface area contributed by atoms with Crippen LogP contribution in [0.25, 0.3) is 11.0 Å². The van der Waals surface area contributed by atoms with E-state index >= 15 is 0 Å². The molecule has 1 unspecified atom stereocenters. The molecule has 174 valence electrons. The maximum atomic E-state index is 13.0. The van der Waals surface area contributed by atoms with Gasteiger partial charge in [0.05, 0.1) is 4.90 Å². The fourth-order valence-electron chi connectivity index (χ4n) is 4.15. The second kappa shape index (κ2) is 8.76. The second-order valence-corrected chi connectivity index (χ2v) is 10.6. The first-order valence-electron chi connectivity index (χ1n) is 11.0. The summed E-state index contributed by atoms with van der Waals surface area (Å²) in [6.45, 7) is 7.05. The van der Waals surface area contributed by atoms with E-state index in [0.717, 1.165) is 34.9 Å². The predicted molar refractivity (Wildman–Crippen MR) is 125 cm³/mol. The highest BCUT2D eigenvalue weighted by atomic mass is 32.2. The molecule has 0 bridgehead atoms. The number of carbonyl (C=O) groups excluding carboxylic acids is 1. The Balaban J connectivity index is 1.63. The molecule has 1 heterocycles. The van der Waals surface area contributed by atoms with E-state index in [0.29, 0.717) is 17.6 Å². The van der Waals surface area contributed by atoms with Crippen LogP contribution >= 0.6 is 0 Å². The van der Waals surface area contributed by atoms with Gasteiger partial charge in [-0.05, 0) is 68.9 Å². The lowest BCUT2D eigenvalue weighted by atomic mass is 10.0. The lowest BCUT2D eigenvalue weighted by Gasteiger charge is -2.21. The monoisotopic (exact) mass is 469 g/mol. The Kier molecular flexibility index (Phi) is 6.16. The molecule has 0 amide bonds. The molecule has 4 rings (SSSR count). The van der Waals surface area contributed by atoms with Crippen molar-refractivity contribution >= 4 is 27.0 Å². The minimum absolute atomic E-state index is 0.0732. The van der Waals surface area contributed by atoms with Crippen LogP contribution in [-0.4, -0.2) is 20.4 Å². The third-order valence-corrected chi connectivity index (χ3v) is 7.54. The molecule has 1 atom stereocenters. The van der Waals surface area contributed by atoms with Crippen LogP contribution in [0.1, 0.15) is 42.5 Å². The van der Waals surface area contributed by atoms with E-state index in [1.807, 2.05) is 6.92 Å². The second-order valence-electron chi connectivity index (χ2n) is 8.84. The average molecular weight is 470 g/mol. The van der Waals surface area contributed by atoms with Gasteiger partial charge in [0.1, 0.15) is 17.4 Å². The molecule has 7 nitrogen and oxygen atoms in total. The summed E-state index contributed by atoms with van der Waals surface area (Å²) in [6, 6.07) is 8.74. The lowest BCUT2D eigenvalue weighted by Crippen LogP contribution is -2.46. The minimum atomic E-state index is -3.93. The van der Waals surface area contributed by atoms with Gasteiger partial charge in [-0.1, -0.05) is 31.5 Å². The van der Waals surface area contributed by atoms with Gasteiger partial charge in [-0.15, -0.1) is 0 Å². The SMILES string of the molecule is Cc1ccc(S(=O)(=O)NC(C(=O)Oc2ccc3c4c(c(=O)oc3c2C)CCC4)C(C)C)cc1. The van der Waals surface area contributed by atoms with Crippen LogP contribution in [0.4, 0.5) is 0 Å². The number of rotatable bonds is 6. The van der Waals surface area contributed by atoms with Crippen LogP contribution in [0.15, 0.2) is 50.5 Å². The summed E-state index contributed by atoms with van der Waals surface area (Å²) in [5.74, 6) is -0.861. The predicted octanol–water partition coefficient (Wildman–Crippen LogP) is 3.81. The Morgan fingerprint density at radius 3 is 2.36 bits per heavy atom. The quantitative estimate of drug-likeness (QED) is 0.335. The van der Waals surface area contributed by atoms with Crippen LogP contribution in [0.3, 0.4) is 0 Å². The third kappa shape index (κ3) is 4.45. The molecule has 1 N–H and O–H groups in total. The summed E-state index contributed by atoms with van der Waals surface area (Å²) < 4.78 is 39.3. The van der Waals surface area contributed by atoms with E-state index in [1.165, 1.54) is 12.1 Å². The number of esters is 1. The Morgan fingerprint density at radius 1 is 1.03 bits per heavy atom. The zero-order chi connectivity index (χ0) is 23.9. The van der Waals surface area contributed by atoms with Gasteiger partial charge in [-0.3, -0.25) is 0 Å². The first kappa shape index (κ1) is 23.2. The highest BCUT2D eigenvalue weighted by Crippen LogP contribution is 2.33. The number of fused-ring (bicyclic) bond motifs is 3. The molecule has 1 aromatic heterocycles. The Hall–Kier alpha value is -2.97. The van der Waals surface area contributed by atoms with E-state index in [9.17, 15) is 18.0 Å². The van der Waals surface area contributed by atoms with E-state index < -0.39 is 22.0 Å². The van der Waals surface area contributed by atoms with Gasteiger partial charge in [0.25, 0.3) is 0 Å². The summed E-state index contributed by atoms with van der Waals surface area (Å²) >= 11 is 0. The molecular formula is C25H27NO6S. The molecule has 1 aliphatic rings. The first-order valence-corrected chi connectivity index (χ1v) is 12.5. The van der Waals surface area contributed by atoms with E-state index in [1.54, 1.807) is 45.0 Å². The summed E-state index contributed by atoms with van der Waals surface area (Å²) in [6.07, 6.45) is 2.43. The normalized spacial score (nSPS) is 14.5. The zero-order valence-corrected chi connectivity index (χ0v) is 19.9. The largest absolute Gasteiger partial charge is 0.425 e. The standard InChI is InChI=1S/C25H27NO6S/c1-14(2)22(26-33(29,30)17-10-8-15(3)9-11-17)25(28)31-21-13-12-19-18-6-5-7-20(18)24(27)32-23(19)16(21)4/h8-14,22,26H,5-7H2,1-4H3. The smallest absolute Gasteiger partial charge is 0.339 e. The summed E-state index contributed by atoms with van der Waals surface area (Å²) in [5, 5.41) is 0.847. The van der Waals surface area contributed by atoms with Gasteiger partial charge in [0.2, 0.25) is 10.0 Å². The Bertz CT molecular complexity index is 1390. The molecule has 0 saturated carbocycles. The number of sulfonamides is 1. The highest BCUT2D eigenvalue weighted by molar-refractivity contribution is 7.89. The minimum Gasteiger partial charge on any atom is -0.425 e. The van der Waals surface area contributed by atoms with E-state index in [2.05, 4.69) is 4.72 Å². The summed E-state index contributed by atoms with van der Waals surface area (Å²) in [7, 11) is -3.93. The van der Waals surface area contributed by atoms with Crippen molar-refractivity contribution in [3.63, 3.8) is 0 Å².